The number of unbranched alkanes of at least 4 members (excludes halogenated alkanes) is 1. The zero-order valence-electron chi connectivity index (χ0n) is 12.3. The SMILES string of the molecule is CCCCOCC(O)CN(CCO)C(CC)CC. The molecule has 0 aromatic rings. The smallest absolute Gasteiger partial charge is 0.0900 e. The van der Waals surface area contributed by atoms with Gasteiger partial charge in [0.25, 0.3) is 0 Å². The van der Waals surface area contributed by atoms with Gasteiger partial charge in [-0.1, -0.05) is 27.2 Å². The summed E-state index contributed by atoms with van der Waals surface area (Å²) in [6.07, 6.45) is 3.77. The Labute approximate surface area is 112 Å². The largest absolute Gasteiger partial charge is 0.395 e. The highest BCUT2D eigenvalue weighted by Crippen LogP contribution is 2.09. The lowest BCUT2D eigenvalue weighted by atomic mass is 10.1. The second-order valence-electron chi connectivity index (χ2n) is 4.77. The highest BCUT2D eigenvalue weighted by molar-refractivity contribution is 4.72. The third kappa shape index (κ3) is 8.03. The summed E-state index contributed by atoms with van der Waals surface area (Å²) in [5, 5.41) is 19.0. The summed E-state index contributed by atoms with van der Waals surface area (Å²) in [5.41, 5.74) is 0. The zero-order valence-corrected chi connectivity index (χ0v) is 12.3. The Balaban J connectivity index is 3.98. The van der Waals surface area contributed by atoms with E-state index < -0.39 is 6.10 Å². The van der Waals surface area contributed by atoms with Crippen molar-refractivity contribution in [2.24, 2.45) is 0 Å². The van der Waals surface area contributed by atoms with Gasteiger partial charge in [-0.05, 0) is 19.3 Å². The number of aliphatic hydroxyl groups is 2. The minimum Gasteiger partial charge on any atom is -0.395 e. The summed E-state index contributed by atoms with van der Waals surface area (Å²) in [4.78, 5) is 2.16. The van der Waals surface area contributed by atoms with Crippen molar-refractivity contribution in [2.75, 3.05) is 32.9 Å². The van der Waals surface area contributed by atoms with Crippen molar-refractivity contribution in [3.8, 4) is 0 Å². The summed E-state index contributed by atoms with van der Waals surface area (Å²) in [7, 11) is 0. The number of hydrogen-bond donors (Lipinski definition) is 2. The van der Waals surface area contributed by atoms with E-state index in [9.17, 15) is 5.11 Å². The van der Waals surface area contributed by atoms with Crippen molar-refractivity contribution in [1.29, 1.82) is 0 Å². The lowest BCUT2D eigenvalue weighted by Crippen LogP contribution is -2.43. The van der Waals surface area contributed by atoms with Gasteiger partial charge in [0.05, 0.1) is 19.3 Å². The molecule has 4 nitrogen and oxygen atoms in total. The van der Waals surface area contributed by atoms with E-state index in [-0.39, 0.29) is 6.61 Å². The van der Waals surface area contributed by atoms with Crippen molar-refractivity contribution < 1.29 is 14.9 Å². The topological polar surface area (TPSA) is 52.9 Å². The highest BCUT2D eigenvalue weighted by atomic mass is 16.5. The predicted molar refractivity (Wildman–Crippen MR) is 74.8 cm³/mol. The molecule has 0 bridgehead atoms. The minimum absolute atomic E-state index is 0.139. The first kappa shape index (κ1) is 17.8. The molecule has 1 unspecified atom stereocenters. The number of ether oxygens (including phenoxy) is 1. The van der Waals surface area contributed by atoms with Crippen LogP contribution < -0.4 is 0 Å². The van der Waals surface area contributed by atoms with E-state index in [0.29, 0.717) is 25.7 Å². The first-order valence-electron chi connectivity index (χ1n) is 7.30. The van der Waals surface area contributed by atoms with E-state index >= 15 is 0 Å². The van der Waals surface area contributed by atoms with Crippen LogP contribution in [0, 0.1) is 0 Å². The maximum absolute atomic E-state index is 9.94. The zero-order chi connectivity index (χ0) is 13.8. The first-order chi connectivity index (χ1) is 8.69. The normalized spacial score (nSPS) is 13.5. The Kier molecular flexibility index (Phi) is 11.8. The Morgan fingerprint density at radius 1 is 1.17 bits per heavy atom. The van der Waals surface area contributed by atoms with Gasteiger partial charge >= 0.3 is 0 Å². The van der Waals surface area contributed by atoms with Gasteiger partial charge < -0.3 is 14.9 Å². The molecule has 0 aliphatic rings. The Hall–Kier alpha value is -0.160. The van der Waals surface area contributed by atoms with Crippen LogP contribution in [0.15, 0.2) is 0 Å². The van der Waals surface area contributed by atoms with Gasteiger partial charge in [0.2, 0.25) is 0 Å². The molecule has 4 heteroatoms. The van der Waals surface area contributed by atoms with Gasteiger partial charge in [0.1, 0.15) is 0 Å². The fraction of sp³-hybridized carbons (Fsp3) is 1.00. The van der Waals surface area contributed by atoms with Crippen LogP contribution in [0.3, 0.4) is 0 Å². The molecule has 110 valence electrons. The van der Waals surface area contributed by atoms with Crippen LogP contribution >= 0.6 is 0 Å². The van der Waals surface area contributed by atoms with Crippen molar-refractivity contribution in [3.63, 3.8) is 0 Å². The molecule has 0 saturated heterocycles. The first-order valence-corrected chi connectivity index (χ1v) is 7.30. The van der Waals surface area contributed by atoms with Crippen LogP contribution in [0.1, 0.15) is 46.5 Å². The van der Waals surface area contributed by atoms with E-state index in [0.717, 1.165) is 32.3 Å². The molecule has 0 heterocycles. The molecule has 0 aromatic heterocycles. The molecular weight excluding hydrogens is 230 g/mol. The standard InChI is InChI=1S/C14H31NO3/c1-4-7-10-18-12-14(17)11-15(8-9-16)13(5-2)6-3/h13-14,16-17H,4-12H2,1-3H3. The Morgan fingerprint density at radius 3 is 2.33 bits per heavy atom. The number of hydrogen-bond acceptors (Lipinski definition) is 4. The van der Waals surface area contributed by atoms with E-state index in [1.807, 2.05) is 0 Å². The predicted octanol–water partition coefficient (Wildman–Crippen LogP) is 1.65. The fourth-order valence-corrected chi connectivity index (χ4v) is 2.15. The van der Waals surface area contributed by atoms with Crippen molar-refractivity contribution in [1.82, 2.24) is 4.90 Å². The van der Waals surface area contributed by atoms with Crippen molar-refractivity contribution >= 4 is 0 Å². The molecule has 0 spiro atoms. The van der Waals surface area contributed by atoms with Gasteiger partial charge in [0.15, 0.2) is 0 Å². The molecule has 18 heavy (non-hydrogen) atoms. The summed E-state index contributed by atoms with van der Waals surface area (Å²) in [6.45, 7) is 8.86. The molecule has 0 aliphatic carbocycles. The molecular formula is C14H31NO3. The number of nitrogens with zero attached hydrogens (tertiary/aromatic N) is 1. The van der Waals surface area contributed by atoms with Crippen LogP contribution in [0.5, 0.6) is 0 Å². The highest BCUT2D eigenvalue weighted by Gasteiger charge is 2.18. The average molecular weight is 261 g/mol. The molecule has 1 atom stereocenters. The van der Waals surface area contributed by atoms with Gasteiger partial charge in [-0.15, -0.1) is 0 Å². The molecule has 0 rings (SSSR count). The molecule has 0 aromatic carbocycles. The van der Waals surface area contributed by atoms with Crippen LogP contribution in [0.2, 0.25) is 0 Å². The summed E-state index contributed by atoms with van der Waals surface area (Å²) >= 11 is 0. The Bertz CT molecular complexity index is 174. The van der Waals surface area contributed by atoms with E-state index in [1.165, 1.54) is 0 Å². The molecule has 2 N–H and O–H groups in total. The van der Waals surface area contributed by atoms with E-state index in [2.05, 4.69) is 25.7 Å². The molecule has 0 amide bonds. The van der Waals surface area contributed by atoms with Gasteiger partial charge in [-0.3, -0.25) is 4.90 Å². The van der Waals surface area contributed by atoms with Gasteiger partial charge in [-0.25, -0.2) is 0 Å². The Morgan fingerprint density at radius 2 is 1.83 bits per heavy atom. The molecule has 0 saturated carbocycles. The van der Waals surface area contributed by atoms with Crippen LogP contribution in [-0.2, 0) is 4.74 Å². The lowest BCUT2D eigenvalue weighted by molar-refractivity contribution is 0.00330. The second-order valence-corrected chi connectivity index (χ2v) is 4.77. The average Bonchev–Trinajstić information content (AvgIpc) is 2.36. The van der Waals surface area contributed by atoms with Crippen molar-refractivity contribution in [3.05, 3.63) is 0 Å². The van der Waals surface area contributed by atoms with Crippen molar-refractivity contribution in [2.45, 2.75) is 58.6 Å². The number of rotatable bonds is 12. The van der Waals surface area contributed by atoms with Crippen LogP contribution in [0.25, 0.3) is 0 Å². The summed E-state index contributed by atoms with van der Waals surface area (Å²) in [6, 6.07) is 0.433. The van der Waals surface area contributed by atoms with E-state index in [4.69, 9.17) is 9.84 Å². The summed E-state index contributed by atoms with van der Waals surface area (Å²) < 4.78 is 5.42. The second kappa shape index (κ2) is 11.9. The third-order valence-electron chi connectivity index (χ3n) is 3.24. The maximum Gasteiger partial charge on any atom is 0.0900 e. The van der Waals surface area contributed by atoms with E-state index in [1.54, 1.807) is 0 Å². The van der Waals surface area contributed by atoms with Crippen LogP contribution in [-0.4, -0.2) is 60.2 Å². The molecule has 0 fully saturated rings. The maximum atomic E-state index is 9.94. The lowest BCUT2D eigenvalue weighted by Gasteiger charge is -2.31. The fourth-order valence-electron chi connectivity index (χ4n) is 2.15. The summed E-state index contributed by atoms with van der Waals surface area (Å²) in [5.74, 6) is 0. The third-order valence-corrected chi connectivity index (χ3v) is 3.24. The quantitative estimate of drug-likeness (QED) is 0.525. The monoisotopic (exact) mass is 261 g/mol. The molecule has 0 aliphatic heterocycles. The number of aliphatic hydroxyl groups excluding tert-OH is 2. The minimum atomic E-state index is -0.464. The van der Waals surface area contributed by atoms with Crippen LogP contribution in [0.4, 0.5) is 0 Å². The van der Waals surface area contributed by atoms with Gasteiger partial charge in [0, 0.05) is 25.7 Å². The molecule has 0 radical (unpaired) electrons. The van der Waals surface area contributed by atoms with Gasteiger partial charge in [-0.2, -0.15) is 0 Å².